The lowest BCUT2D eigenvalue weighted by molar-refractivity contribution is -0.380. The first-order chi connectivity index (χ1) is 10.5. The van der Waals surface area contributed by atoms with Crippen LogP contribution in [0.3, 0.4) is 0 Å². The molecule has 2 heterocycles. The van der Waals surface area contributed by atoms with E-state index in [1.165, 1.54) is 0 Å². The molecule has 110 valence electrons. The van der Waals surface area contributed by atoms with Gasteiger partial charge in [-0.1, -0.05) is 12.1 Å². The van der Waals surface area contributed by atoms with E-state index in [0.29, 0.717) is 16.7 Å². The van der Waals surface area contributed by atoms with Crippen LogP contribution in [-0.4, -0.2) is 15.8 Å². The highest BCUT2D eigenvalue weighted by Crippen LogP contribution is 2.25. The van der Waals surface area contributed by atoms with Crippen LogP contribution >= 0.6 is 11.3 Å². The summed E-state index contributed by atoms with van der Waals surface area (Å²) in [6.45, 7) is 0. The van der Waals surface area contributed by atoms with Crippen LogP contribution in [0.15, 0.2) is 45.7 Å². The zero-order valence-corrected chi connectivity index (χ0v) is 11.6. The number of nitro groups is 1. The monoisotopic (exact) mass is 317 g/mol. The largest absolute Gasteiger partial charge is 0.451 e. The second-order valence-electron chi connectivity index (χ2n) is 4.19. The molecule has 8 nitrogen and oxygen atoms in total. The molecule has 0 saturated carbocycles. The molecule has 0 unspecified atom stereocenters. The van der Waals surface area contributed by atoms with Crippen LogP contribution in [-0.2, 0) is 0 Å². The third kappa shape index (κ3) is 2.56. The molecule has 9 heteroatoms. The summed E-state index contributed by atoms with van der Waals surface area (Å²) in [5.41, 5.74) is -0.0672. The minimum Gasteiger partial charge on any atom is -0.451 e. The van der Waals surface area contributed by atoms with Crippen LogP contribution in [0.2, 0.25) is 0 Å². The van der Waals surface area contributed by atoms with Gasteiger partial charge in [0.25, 0.3) is 5.91 Å². The summed E-state index contributed by atoms with van der Waals surface area (Å²) in [5, 5.41) is 13.1. The van der Waals surface area contributed by atoms with Gasteiger partial charge in [-0.3, -0.25) is 25.0 Å². The normalized spacial score (nSPS) is 10.5. The molecule has 22 heavy (non-hydrogen) atoms. The Morgan fingerprint density at radius 3 is 2.86 bits per heavy atom. The van der Waals surface area contributed by atoms with Gasteiger partial charge >= 0.3 is 5.00 Å². The molecule has 3 rings (SSSR count). The van der Waals surface area contributed by atoms with Crippen molar-refractivity contribution in [3.05, 3.63) is 62.6 Å². The lowest BCUT2D eigenvalue weighted by Crippen LogP contribution is -2.14. The lowest BCUT2D eigenvalue weighted by atomic mass is 10.2. The van der Waals surface area contributed by atoms with Crippen LogP contribution in [0.1, 0.15) is 10.6 Å². The summed E-state index contributed by atoms with van der Waals surface area (Å²) in [4.78, 5) is 37.6. The third-order valence-electron chi connectivity index (χ3n) is 2.75. The minimum absolute atomic E-state index is 0.0486. The Balaban J connectivity index is 1.91. The van der Waals surface area contributed by atoms with Crippen molar-refractivity contribution in [3.8, 4) is 0 Å². The van der Waals surface area contributed by atoms with E-state index in [9.17, 15) is 19.7 Å². The standard InChI is InChI=1S/C13H7N3O5S/c17-8-5-10(21-9-4-2-1-3-7(8)9)12(18)15-13-14-6-11(22-13)16(19)20/h1-6H,(H,14,15,18). The topological polar surface area (TPSA) is 115 Å². The molecule has 0 aliphatic carbocycles. The molecule has 0 saturated heterocycles. The predicted molar refractivity (Wildman–Crippen MR) is 79.2 cm³/mol. The van der Waals surface area contributed by atoms with E-state index >= 15 is 0 Å². The number of nitrogens with one attached hydrogen (secondary N) is 1. The highest BCUT2D eigenvalue weighted by molar-refractivity contribution is 7.18. The fourth-order valence-electron chi connectivity index (χ4n) is 1.78. The number of benzene rings is 1. The van der Waals surface area contributed by atoms with E-state index in [1.807, 2.05) is 0 Å². The average molecular weight is 317 g/mol. The van der Waals surface area contributed by atoms with Crippen molar-refractivity contribution in [2.45, 2.75) is 0 Å². The van der Waals surface area contributed by atoms with Crippen LogP contribution in [0.5, 0.6) is 0 Å². The van der Waals surface area contributed by atoms with Gasteiger partial charge in [0.1, 0.15) is 11.8 Å². The number of carbonyl (C=O) groups excluding carboxylic acids is 1. The number of hydrogen-bond acceptors (Lipinski definition) is 7. The number of rotatable bonds is 3. The van der Waals surface area contributed by atoms with Crippen molar-refractivity contribution in [2.75, 3.05) is 5.32 Å². The number of hydrogen-bond donors (Lipinski definition) is 1. The molecular weight excluding hydrogens is 310 g/mol. The molecule has 1 aromatic carbocycles. The van der Waals surface area contributed by atoms with Gasteiger partial charge in [-0.2, -0.15) is 0 Å². The molecule has 3 aromatic rings. The number of anilines is 1. The summed E-state index contributed by atoms with van der Waals surface area (Å²) < 4.78 is 5.36. The van der Waals surface area contributed by atoms with Gasteiger partial charge in [0.05, 0.1) is 10.3 Å². The average Bonchev–Trinajstić information content (AvgIpc) is 2.96. The molecule has 0 aliphatic rings. The number of para-hydroxylation sites is 1. The van der Waals surface area contributed by atoms with Crippen molar-refractivity contribution in [1.29, 1.82) is 0 Å². The maximum atomic E-state index is 12.0. The zero-order valence-electron chi connectivity index (χ0n) is 10.8. The zero-order chi connectivity index (χ0) is 15.7. The molecule has 1 N–H and O–H groups in total. The summed E-state index contributed by atoms with van der Waals surface area (Å²) in [6, 6.07) is 7.60. The van der Waals surface area contributed by atoms with Crippen LogP contribution in [0.4, 0.5) is 10.1 Å². The van der Waals surface area contributed by atoms with Gasteiger partial charge in [-0.25, -0.2) is 4.98 Å². The van der Waals surface area contributed by atoms with Crippen LogP contribution in [0, 0.1) is 10.1 Å². The molecule has 1 amide bonds. The Bertz CT molecular complexity index is 946. The van der Waals surface area contributed by atoms with Gasteiger partial charge in [-0.05, 0) is 23.5 Å². The maximum absolute atomic E-state index is 12.0. The third-order valence-corrected chi connectivity index (χ3v) is 3.62. The Morgan fingerprint density at radius 2 is 2.14 bits per heavy atom. The van der Waals surface area contributed by atoms with Gasteiger partial charge in [0.2, 0.25) is 0 Å². The first kappa shape index (κ1) is 13.9. The van der Waals surface area contributed by atoms with Crippen molar-refractivity contribution in [2.24, 2.45) is 0 Å². The fraction of sp³-hybridized carbons (Fsp3) is 0. The van der Waals surface area contributed by atoms with Crippen molar-refractivity contribution < 1.29 is 14.1 Å². The molecular formula is C13H7N3O5S. The first-order valence-electron chi connectivity index (χ1n) is 5.99. The van der Waals surface area contributed by atoms with Gasteiger partial charge in [0, 0.05) is 6.07 Å². The van der Waals surface area contributed by atoms with E-state index < -0.39 is 10.8 Å². The van der Waals surface area contributed by atoms with E-state index in [4.69, 9.17) is 4.42 Å². The van der Waals surface area contributed by atoms with E-state index in [-0.39, 0.29) is 26.9 Å². The summed E-state index contributed by atoms with van der Waals surface area (Å²) in [7, 11) is 0. The Morgan fingerprint density at radius 1 is 1.36 bits per heavy atom. The van der Waals surface area contributed by atoms with Crippen LogP contribution in [0.25, 0.3) is 11.0 Å². The van der Waals surface area contributed by atoms with Gasteiger partial charge in [-0.15, -0.1) is 0 Å². The highest BCUT2D eigenvalue weighted by atomic mass is 32.1. The van der Waals surface area contributed by atoms with Crippen molar-refractivity contribution in [1.82, 2.24) is 4.98 Å². The number of thiazole rings is 1. The number of amides is 1. The van der Waals surface area contributed by atoms with Crippen LogP contribution < -0.4 is 10.7 Å². The molecule has 0 spiro atoms. The predicted octanol–water partition coefficient (Wildman–Crippen LogP) is 2.41. The molecule has 2 aromatic heterocycles. The quantitative estimate of drug-likeness (QED) is 0.586. The van der Waals surface area contributed by atoms with E-state index in [0.717, 1.165) is 12.3 Å². The van der Waals surface area contributed by atoms with Gasteiger partial charge in [0.15, 0.2) is 16.3 Å². The fourth-order valence-corrected chi connectivity index (χ4v) is 2.41. The molecule has 0 radical (unpaired) electrons. The Hall–Kier alpha value is -3.07. The van der Waals surface area contributed by atoms with Crippen molar-refractivity contribution >= 4 is 38.3 Å². The summed E-state index contributed by atoms with van der Waals surface area (Å²) in [6.07, 6.45) is 1.04. The minimum atomic E-state index is -0.702. The molecule has 0 fully saturated rings. The van der Waals surface area contributed by atoms with Gasteiger partial charge < -0.3 is 4.42 Å². The number of nitrogens with zero attached hydrogens (tertiary/aromatic N) is 2. The maximum Gasteiger partial charge on any atom is 0.345 e. The SMILES string of the molecule is O=C(Nc1ncc([N+](=O)[O-])s1)c1cc(=O)c2ccccc2o1. The summed E-state index contributed by atoms with van der Waals surface area (Å²) in [5.74, 6) is -0.895. The molecule has 0 aliphatic heterocycles. The van der Waals surface area contributed by atoms with E-state index in [1.54, 1.807) is 24.3 Å². The lowest BCUT2D eigenvalue weighted by Gasteiger charge is -2.02. The Kier molecular flexibility index (Phi) is 3.39. The van der Waals surface area contributed by atoms with Crippen molar-refractivity contribution in [3.63, 3.8) is 0 Å². The number of carbonyl (C=O) groups is 1. The van der Waals surface area contributed by atoms with E-state index in [2.05, 4.69) is 10.3 Å². The number of fused-ring (bicyclic) bond motifs is 1. The second-order valence-corrected chi connectivity index (χ2v) is 5.20. The first-order valence-corrected chi connectivity index (χ1v) is 6.81. The number of aromatic nitrogens is 1. The Labute approximate surface area is 126 Å². The molecule has 0 bridgehead atoms. The summed E-state index contributed by atoms with van der Waals surface area (Å²) >= 11 is 0.710. The second kappa shape index (κ2) is 5.37. The molecule has 0 atom stereocenters. The smallest absolute Gasteiger partial charge is 0.345 e. The highest BCUT2D eigenvalue weighted by Gasteiger charge is 2.17.